The number of hydrogen-bond donors (Lipinski definition) is 1. The minimum atomic E-state index is -3.55. The molecule has 4 nitrogen and oxygen atoms in total. The quantitative estimate of drug-likeness (QED) is 0.929. The SMILES string of the molecule is CC(NS(=O)(=O)c1cccc(C#N)c1)C1CC2CCC1C2. The zero-order valence-electron chi connectivity index (χ0n) is 12.1. The van der Waals surface area contributed by atoms with Crippen molar-refractivity contribution in [3.05, 3.63) is 29.8 Å². The fraction of sp³-hybridized carbons (Fsp3) is 0.562. The van der Waals surface area contributed by atoms with Gasteiger partial charge in [-0.05, 0) is 62.1 Å². The molecule has 1 aromatic carbocycles. The van der Waals surface area contributed by atoms with Crippen LogP contribution in [-0.4, -0.2) is 14.5 Å². The lowest BCUT2D eigenvalue weighted by Crippen LogP contribution is -2.40. The highest BCUT2D eigenvalue weighted by Gasteiger charge is 2.42. The van der Waals surface area contributed by atoms with E-state index in [2.05, 4.69) is 4.72 Å². The summed E-state index contributed by atoms with van der Waals surface area (Å²) in [5.41, 5.74) is 0.366. The van der Waals surface area contributed by atoms with Gasteiger partial charge in [0.25, 0.3) is 0 Å². The molecule has 0 spiro atoms. The Hall–Kier alpha value is -1.38. The van der Waals surface area contributed by atoms with E-state index in [9.17, 15) is 8.42 Å². The van der Waals surface area contributed by atoms with E-state index in [0.29, 0.717) is 17.4 Å². The molecule has 1 N–H and O–H groups in total. The van der Waals surface area contributed by atoms with Crippen LogP contribution in [0.2, 0.25) is 0 Å². The van der Waals surface area contributed by atoms with Crippen LogP contribution < -0.4 is 4.72 Å². The van der Waals surface area contributed by atoms with Gasteiger partial charge >= 0.3 is 0 Å². The first-order chi connectivity index (χ1) is 9.99. The van der Waals surface area contributed by atoms with Gasteiger partial charge in [-0.25, -0.2) is 13.1 Å². The molecule has 2 bridgehead atoms. The standard InChI is InChI=1S/C16H20N2O2S/c1-11(16-9-12-5-6-14(16)7-12)18-21(19,20)15-4-2-3-13(8-15)10-17/h2-4,8,11-12,14,16,18H,5-7,9H2,1H3. The highest BCUT2D eigenvalue weighted by Crippen LogP contribution is 2.49. The van der Waals surface area contributed by atoms with Crippen LogP contribution in [0.4, 0.5) is 0 Å². The Morgan fingerprint density at radius 1 is 1.33 bits per heavy atom. The Kier molecular flexibility index (Phi) is 3.76. The molecule has 1 aromatic rings. The van der Waals surface area contributed by atoms with Crippen LogP contribution in [0, 0.1) is 29.1 Å². The number of hydrogen-bond acceptors (Lipinski definition) is 3. The molecule has 0 heterocycles. The van der Waals surface area contributed by atoms with Crippen LogP contribution >= 0.6 is 0 Å². The van der Waals surface area contributed by atoms with E-state index in [1.807, 2.05) is 13.0 Å². The van der Waals surface area contributed by atoms with Gasteiger partial charge in [-0.2, -0.15) is 5.26 Å². The molecule has 2 fully saturated rings. The smallest absolute Gasteiger partial charge is 0.208 e. The van der Waals surface area contributed by atoms with Crippen molar-refractivity contribution >= 4 is 10.0 Å². The summed E-state index contributed by atoms with van der Waals surface area (Å²) in [6.07, 6.45) is 4.96. The number of benzene rings is 1. The Morgan fingerprint density at radius 3 is 2.76 bits per heavy atom. The van der Waals surface area contributed by atoms with Crippen LogP contribution in [-0.2, 0) is 10.0 Å². The van der Waals surface area contributed by atoms with Crippen LogP contribution in [0.5, 0.6) is 0 Å². The predicted octanol–water partition coefficient (Wildman–Crippen LogP) is 2.66. The van der Waals surface area contributed by atoms with Gasteiger partial charge in [0.05, 0.1) is 16.5 Å². The highest BCUT2D eigenvalue weighted by molar-refractivity contribution is 7.89. The maximum Gasteiger partial charge on any atom is 0.240 e. The Balaban J connectivity index is 1.75. The van der Waals surface area contributed by atoms with Crippen molar-refractivity contribution in [3.63, 3.8) is 0 Å². The molecule has 0 radical (unpaired) electrons. The summed E-state index contributed by atoms with van der Waals surface area (Å²) < 4.78 is 27.7. The van der Waals surface area contributed by atoms with Gasteiger partial charge in [0.2, 0.25) is 10.0 Å². The third-order valence-electron chi connectivity index (χ3n) is 5.05. The molecule has 0 aliphatic heterocycles. The number of nitrogens with one attached hydrogen (secondary N) is 1. The van der Waals surface area contributed by atoms with E-state index in [0.717, 1.165) is 12.3 Å². The van der Waals surface area contributed by atoms with Crippen molar-refractivity contribution in [2.45, 2.75) is 43.5 Å². The van der Waals surface area contributed by atoms with Crippen molar-refractivity contribution in [1.29, 1.82) is 5.26 Å². The molecule has 0 amide bonds. The van der Waals surface area contributed by atoms with Gasteiger partial charge in [0.15, 0.2) is 0 Å². The first kappa shape index (κ1) is 14.6. The van der Waals surface area contributed by atoms with Crippen molar-refractivity contribution in [1.82, 2.24) is 4.72 Å². The third-order valence-corrected chi connectivity index (χ3v) is 6.61. The molecule has 0 aromatic heterocycles. The molecule has 2 aliphatic rings. The molecular formula is C16H20N2O2S. The Bertz CT molecular complexity index is 678. The molecule has 0 saturated heterocycles. The van der Waals surface area contributed by atoms with Crippen molar-refractivity contribution < 1.29 is 8.42 Å². The second kappa shape index (κ2) is 5.43. The molecule has 4 atom stereocenters. The molecular weight excluding hydrogens is 284 g/mol. The average molecular weight is 304 g/mol. The largest absolute Gasteiger partial charge is 0.240 e. The first-order valence-corrected chi connectivity index (χ1v) is 9.00. The van der Waals surface area contributed by atoms with Crippen LogP contribution in [0.1, 0.15) is 38.2 Å². The monoisotopic (exact) mass is 304 g/mol. The predicted molar refractivity (Wildman–Crippen MR) is 79.9 cm³/mol. The Morgan fingerprint density at radius 2 is 2.14 bits per heavy atom. The number of sulfonamides is 1. The average Bonchev–Trinajstić information content (AvgIpc) is 3.09. The zero-order chi connectivity index (χ0) is 15.0. The zero-order valence-corrected chi connectivity index (χ0v) is 12.9. The minimum absolute atomic E-state index is 0.0453. The summed E-state index contributed by atoms with van der Waals surface area (Å²) >= 11 is 0. The number of nitriles is 1. The molecule has 3 rings (SSSR count). The summed E-state index contributed by atoms with van der Waals surface area (Å²) in [4.78, 5) is 0.177. The fourth-order valence-electron chi connectivity index (χ4n) is 4.04. The second-order valence-electron chi connectivity index (χ2n) is 6.39. The van der Waals surface area contributed by atoms with E-state index < -0.39 is 10.0 Å². The second-order valence-corrected chi connectivity index (χ2v) is 8.10. The summed E-state index contributed by atoms with van der Waals surface area (Å²) in [7, 11) is -3.55. The van der Waals surface area contributed by atoms with Crippen molar-refractivity contribution in [2.75, 3.05) is 0 Å². The number of fused-ring (bicyclic) bond motifs is 2. The normalized spacial score (nSPS) is 29.2. The summed E-state index contributed by atoms with van der Waals surface area (Å²) in [6.45, 7) is 1.97. The molecule has 21 heavy (non-hydrogen) atoms. The lowest BCUT2D eigenvalue weighted by atomic mass is 9.84. The van der Waals surface area contributed by atoms with Crippen LogP contribution in [0.3, 0.4) is 0 Å². The minimum Gasteiger partial charge on any atom is -0.208 e. The number of rotatable bonds is 4. The van der Waals surface area contributed by atoms with Crippen molar-refractivity contribution in [2.24, 2.45) is 17.8 Å². The van der Waals surface area contributed by atoms with Gasteiger partial charge < -0.3 is 0 Å². The third kappa shape index (κ3) is 2.83. The van der Waals surface area contributed by atoms with E-state index in [1.165, 1.54) is 31.4 Å². The van der Waals surface area contributed by atoms with Gasteiger partial charge in [0, 0.05) is 6.04 Å². The van der Waals surface area contributed by atoms with Gasteiger partial charge in [-0.15, -0.1) is 0 Å². The number of nitrogens with zero attached hydrogens (tertiary/aromatic N) is 1. The van der Waals surface area contributed by atoms with E-state index in [-0.39, 0.29) is 10.9 Å². The van der Waals surface area contributed by atoms with Gasteiger partial charge in [-0.3, -0.25) is 0 Å². The lowest BCUT2D eigenvalue weighted by Gasteiger charge is -2.28. The van der Waals surface area contributed by atoms with E-state index in [1.54, 1.807) is 12.1 Å². The summed E-state index contributed by atoms with van der Waals surface area (Å²) in [6, 6.07) is 8.11. The maximum absolute atomic E-state index is 12.5. The summed E-state index contributed by atoms with van der Waals surface area (Å²) in [5, 5.41) is 8.89. The van der Waals surface area contributed by atoms with Crippen molar-refractivity contribution in [3.8, 4) is 6.07 Å². The molecule has 4 unspecified atom stereocenters. The van der Waals surface area contributed by atoms with Gasteiger partial charge in [0.1, 0.15) is 0 Å². The topological polar surface area (TPSA) is 70.0 Å². The first-order valence-electron chi connectivity index (χ1n) is 7.52. The fourth-order valence-corrected chi connectivity index (χ4v) is 5.38. The van der Waals surface area contributed by atoms with Crippen LogP contribution in [0.25, 0.3) is 0 Å². The molecule has 112 valence electrons. The highest BCUT2D eigenvalue weighted by atomic mass is 32.2. The Labute approximate surface area is 126 Å². The maximum atomic E-state index is 12.5. The molecule has 2 aliphatic carbocycles. The van der Waals surface area contributed by atoms with Gasteiger partial charge in [-0.1, -0.05) is 12.5 Å². The van der Waals surface area contributed by atoms with Crippen LogP contribution in [0.15, 0.2) is 29.2 Å². The molecule has 2 saturated carbocycles. The van der Waals surface area contributed by atoms with E-state index in [4.69, 9.17) is 5.26 Å². The lowest BCUT2D eigenvalue weighted by molar-refractivity contribution is 0.280. The molecule has 5 heteroatoms. The summed E-state index contributed by atoms with van der Waals surface area (Å²) in [5.74, 6) is 1.93. The van der Waals surface area contributed by atoms with E-state index >= 15 is 0 Å².